The fourth-order valence-corrected chi connectivity index (χ4v) is 4.32. The second-order valence-electron chi connectivity index (χ2n) is 6.02. The minimum absolute atomic E-state index is 0.00306. The van der Waals surface area contributed by atoms with Crippen molar-refractivity contribution in [2.75, 3.05) is 13.2 Å². The topological polar surface area (TPSA) is 46.6 Å². The van der Waals surface area contributed by atoms with Crippen molar-refractivity contribution in [3.63, 3.8) is 0 Å². The number of benzene rings is 2. The fraction of sp³-hybridized carbons (Fsp3) is 0.333. The zero-order valence-electron chi connectivity index (χ0n) is 13.6. The third kappa shape index (κ3) is 4.42. The number of halogens is 2. The molecule has 1 saturated heterocycles. The number of hydrogen-bond donors (Lipinski definition) is 0. The Hall–Kier alpha value is -1.83. The second-order valence-corrected chi connectivity index (χ2v) is 7.95. The van der Waals surface area contributed by atoms with Crippen LogP contribution in [-0.4, -0.2) is 32.0 Å². The van der Waals surface area contributed by atoms with Crippen molar-refractivity contribution in [1.29, 1.82) is 0 Å². The molecule has 3 rings (SSSR count). The Morgan fingerprint density at radius 3 is 2.48 bits per heavy atom. The van der Waals surface area contributed by atoms with E-state index in [2.05, 4.69) is 0 Å². The molecule has 1 atom stereocenters. The van der Waals surface area contributed by atoms with Crippen molar-refractivity contribution in [3.05, 3.63) is 65.7 Å². The van der Waals surface area contributed by atoms with Gasteiger partial charge in [0.15, 0.2) is 0 Å². The van der Waals surface area contributed by atoms with Gasteiger partial charge in [-0.25, -0.2) is 17.2 Å². The zero-order valence-corrected chi connectivity index (χ0v) is 14.4. The van der Waals surface area contributed by atoms with Gasteiger partial charge in [0.25, 0.3) is 0 Å². The van der Waals surface area contributed by atoms with Gasteiger partial charge >= 0.3 is 0 Å². The van der Waals surface area contributed by atoms with Crippen LogP contribution in [0.2, 0.25) is 0 Å². The summed E-state index contributed by atoms with van der Waals surface area (Å²) in [7, 11) is -3.85. The fourth-order valence-electron chi connectivity index (χ4n) is 2.86. The maximum atomic E-state index is 13.5. The van der Waals surface area contributed by atoms with E-state index in [9.17, 15) is 17.2 Å². The van der Waals surface area contributed by atoms with Gasteiger partial charge < -0.3 is 4.74 Å². The van der Waals surface area contributed by atoms with E-state index in [4.69, 9.17) is 4.74 Å². The molecule has 1 unspecified atom stereocenters. The Kier molecular flexibility index (Phi) is 5.46. The number of rotatable bonds is 6. The molecule has 25 heavy (non-hydrogen) atoms. The molecule has 0 spiro atoms. The summed E-state index contributed by atoms with van der Waals surface area (Å²) in [5.74, 6) is -0.927. The molecule has 134 valence electrons. The second kappa shape index (κ2) is 7.59. The summed E-state index contributed by atoms with van der Waals surface area (Å²) in [6.45, 7) is 0.808. The Morgan fingerprint density at radius 1 is 1.08 bits per heavy atom. The molecule has 2 aromatic rings. The lowest BCUT2D eigenvalue weighted by Gasteiger charge is -2.25. The van der Waals surface area contributed by atoms with Crippen LogP contribution in [0.1, 0.15) is 18.4 Å². The molecule has 1 heterocycles. The van der Waals surface area contributed by atoms with Gasteiger partial charge in [-0.3, -0.25) is 0 Å². The minimum Gasteiger partial charge on any atom is -0.377 e. The first kappa shape index (κ1) is 18.0. The largest absolute Gasteiger partial charge is 0.377 e. The maximum absolute atomic E-state index is 13.5. The lowest BCUT2D eigenvalue weighted by molar-refractivity contribution is 0.0926. The molecule has 4 nitrogen and oxygen atoms in total. The normalized spacial score (nSPS) is 18.0. The van der Waals surface area contributed by atoms with Crippen LogP contribution in [0.3, 0.4) is 0 Å². The van der Waals surface area contributed by atoms with Gasteiger partial charge in [-0.05, 0) is 54.8 Å². The monoisotopic (exact) mass is 367 g/mol. The van der Waals surface area contributed by atoms with Crippen molar-refractivity contribution in [3.8, 4) is 0 Å². The van der Waals surface area contributed by atoms with Gasteiger partial charge in [0.2, 0.25) is 10.0 Å². The van der Waals surface area contributed by atoms with E-state index < -0.39 is 21.7 Å². The average Bonchev–Trinajstić information content (AvgIpc) is 3.08. The number of sulfonamides is 1. The van der Waals surface area contributed by atoms with Crippen molar-refractivity contribution in [2.24, 2.45) is 0 Å². The Bertz CT molecular complexity index is 818. The Morgan fingerprint density at radius 2 is 1.84 bits per heavy atom. The van der Waals surface area contributed by atoms with Crippen LogP contribution in [0.5, 0.6) is 0 Å². The molecular formula is C18H19F2NO3S. The third-order valence-corrected chi connectivity index (χ3v) is 5.96. The molecule has 0 bridgehead atoms. The summed E-state index contributed by atoms with van der Waals surface area (Å²) in [6, 6.07) is 10.5. The van der Waals surface area contributed by atoms with Gasteiger partial charge in [0.05, 0.1) is 11.0 Å². The highest BCUT2D eigenvalue weighted by Gasteiger charge is 2.29. The Labute approximate surface area is 146 Å². The van der Waals surface area contributed by atoms with Gasteiger partial charge in [-0.1, -0.05) is 12.1 Å². The highest BCUT2D eigenvalue weighted by molar-refractivity contribution is 7.89. The molecule has 0 N–H and O–H groups in total. The SMILES string of the molecule is O=S(=O)(c1ccc(F)cc1)N(Cc1cccc(F)c1)CC1CCCO1. The summed E-state index contributed by atoms with van der Waals surface area (Å²) < 4.78 is 59.4. The van der Waals surface area contributed by atoms with Crippen LogP contribution >= 0.6 is 0 Å². The molecule has 1 fully saturated rings. The molecular weight excluding hydrogens is 348 g/mol. The van der Waals surface area contributed by atoms with Crippen molar-refractivity contribution in [1.82, 2.24) is 4.31 Å². The van der Waals surface area contributed by atoms with Crippen molar-refractivity contribution < 1.29 is 21.9 Å². The highest BCUT2D eigenvalue weighted by atomic mass is 32.2. The molecule has 0 aliphatic carbocycles. The van der Waals surface area contributed by atoms with E-state index in [1.807, 2.05) is 0 Å². The van der Waals surface area contributed by atoms with E-state index in [1.165, 1.54) is 28.6 Å². The zero-order chi connectivity index (χ0) is 17.9. The quantitative estimate of drug-likeness (QED) is 0.787. The van der Waals surface area contributed by atoms with Gasteiger partial charge in [-0.15, -0.1) is 0 Å². The van der Waals surface area contributed by atoms with E-state index in [0.717, 1.165) is 25.0 Å². The van der Waals surface area contributed by atoms with Crippen molar-refractivity contribution in [2.45, 2.75) is 30.4 Å². The predicted molar refractivity (Wildman–Crippen MR) is 89.4 cm³/mol. The number of nitrogens with zero attached hydrogens (tertiary/aromatic N) is 1. The van der Waals surface area contributed by atoms with Crippen LogP contribution in [0.4, 0.5) is 8.78 Å². The lowest BCUT2D eigenvalue weighted by Crippen LogP contribution is -2.37. The molecule has 1 aliphatic rings. The van der Waals surface area contributed by atoms with Crippen LogP contribution in [0.25, 0.3) is 0 Å². The van der Waals surface area contributed by atoms with Gasteiger partial charge in [0.1, 0.15) is 11.6 Å². The van der Waals surface area contributed by atoms with Crippen LogP contribution < -0.4 is 0 Å². The summed E-state index contributed by atoms with van der Waals surface area (Å²) in [5.41, 5.74) is 0.545. The summed E-state index contributed by atoms with van der Waals surface area (Å²) in [4.78, 5) is 0.00306. The summed E-state index contributed by atoms with van der Waals surface area (Å²) in [5, 5.41) is 0. The molecule has 1 aliphatic heterocycles. The van der Waals surface area contributed by atoms with E-state index >= 15 is 0 Å². The summed E-state index contributed by atoms with van der Waals surface area (Å²) >= 11 is 0. The summed E-state index contributed by atoms with van der Waals surface area (Å²) in [6.07, 6.45) is 1.47. The van der Waals surface area contributed by atoms with E-state index in [0.29, 0.717) is 12.2 Å². The number of ether oxygens (including phenoxy) is 1. The minimum atomic E-state index is -3.85. The van der Waals surface area contributed by atoms with Crippen LogP contribution in [-0.2, 0) is 21.3 Å². The molecule has 0 radical (unpaired) electrons. The molecule has 2 aromatic carbocycles. The maximum Gasteiger partial charge on any atom is 0.243 e. The Balaban J connectivity index is 1.90. The first-order valence-corrected chi connectivity index (χ1v) is 9.51. The predicted octanol–water partition coefficient (Wildman–Crippen LogP) is 3.33. The van der Waals surface area contributed by atoms with Crippen molar-refractivity contribution >= 4 is 10.0 Å². The van der Waals surface area contributed by atoms with E-state index in [-0.39, 0.29) is 24.1 Å². The van der Waals surface area contributed by atoms with Gasteiger partial charge in [-0.2, -0.15) is 4.31 Å². The van der Waals surface area contributed by atoms with Gasteiger partial charge in [0, 0.05) is 19.7 Å². The highest BCUT2D eigenvalue weighted by Crippen LogP contribution is 2.22. The van der Waals surface area contributed by atoms with E-state index in [1.54, 1.807) is 12.1 Å². The smallest absolute Gasteiger partial charge is 0.243 e. The first-order valence-electron chi connectivity index (χ1n) is 8.07. The lowest BCUT2D eigenvalue weighted by atomic mass is 10.2. The standard InChI is InChI=1S/C18H19F2NO3S/c19-15-6-8-18(9-7-15)25(22,23)21(13-17-5-2-10-24-17)12-14-3-1-4-16(20)11-14/h1,3-4,6-9,11,17H,2,5,10,12-13H2. The van der Waals surface area contributed by atoms with Crippen LogP contribution in [0.15, 0.2) is 53.4 Å². The van der Waals surface area contributed by atoms with Crippen LogP contribution in [0, 0.1) is 11.6 Å². The molecule has 0 aromatic heterocycles. The molecule has 7 heteroatoms. The average molecular weight is 367 g/mol. The molecule has 0 saturated carbocycles. The first-order chi connectivity index (χ1) is 11.9. The third-order valence-electron chi connectivity index (χ3n) is 4.13. The molecule has 0 amide bonds. The number of hydrogen-bond acceptors (Lipinski definition) is 3.